The summed E-state index contributed by atoms with van der Waals surface area (Å²) < 4.78 is 36.7. The van der Waals surface area contributed by atoms with E-state index in [9.17, 15) is 8.42 Å². The summed E-state index contributed by atoms with van der Waals surface area (Å²) in [5.74, 6) is 0.187. The van der Waals surface area contributed by atoms with Crippen molar-refractivity contribution < 1.29 is 17.9 Å². The fourth-order valence-corrected chi connectivity index (χ4v) is 3.13. The van der Waals surface area contributed by atoms with E-state index in [-0.39, 0.29) is 11.9 Å². The van der Waals surface area contributed by atoms with E-state index in [4.69, 9.17) is 9.47 Å². The minimum absolute atomic E-state index is 0.153. The van der Waals surface area contributed by atoms with Crippen LogP contribution >= 0.6 is 0 Å². The Kier molecular flexibility index (Phi) is 6.03. The Balaban J connectivity index is 1.52. The van der Waals surface area contributed by atoms with Gasteiger partial charge in [0.25, 0.3) is 0 Å². The van der Waals surface area contributed by atoms with Crippen molar-refractivity contribution in [3.63, 3.8) is 0 Å². The van der Waals surface area contributed by atoms with E-state index in [1.54, 1.807) is 0 Å². The van der Waals surface area contributed by atoms with E-state index in [0.717, 1.165) is 13.0 Å². The fourth-order valence-electron chi connectivity index (χ4n) is 1.96. The molecule has 1 saturated carbocycles. The average molecular weight is 292 g/mol. The molecule has 6 nitrogen and oxygen atoms in total. The number of hydrogen-bond donors (Lipinski definition) is 2. The molecule has 2 aliphatic rings. The highest BCUT2D eigenvalue weighted by Gasteiger charge is 2.20. The van der Waals surface area contributed by atoms with Gasteiger partial charge in [-0.2, -0.15) is 0 Å². The smallest absolute Gasteiger partial charge is 0.211 e. The summed E-state index contributed by atoms with van der Waals surface area (Å²) >= 11 is 0. The Morgan fingerprint density at radius 3 is 2.68 bits per heavy atom. The number of hydrogen-bond acceptors (Lipinski definition) is 5. The second kappa shape index (κ2) is 7.54. The van der Waals surface area contributed by atoms with E-state index in [0.29, 0.717) is 38.8 Å². The van der Waals surface area contributed by atoms with Crippen LogP contribution in [0.4, 0.5) is 0 Å². The molecule has 7 heteroatoms. The predicted octanol–water partition coefficient (Wildman–Crippen LogP) is -0.147. The molecule has 1 aliphatic carbocycles. The second-order valence-electron chi connectivity index (χ2n) is 5.17. The molecule has 0 aromatic carbocycles. The lowest BCUT2D eigenvalue weighted by molar-refractivity contribution is -0.0846. The first-order chi connectivity index (χ1) is 9.16. The molecule has 2 rings (SSSR count). The summed E-state index contributed by atoms with van der Waals surface area (Å²) in [6.07, 6.45) is 3.98. The minimum Gasteiger partial charge on any atom is -0.376 e. The lowest BCUT2D eigenvalue weighted by atomic mass is 10.3. The molecule has 0 bridgehead atoms. The molecule has 0 aromatic rings. The Morgan fingerprint density at radius 2 is 2.00 bits per heavy atom. The van der Waals surface area contributed by atoms with Gasteiger partial charge in [0, 0.05) is 12.6 Å². The van der Waals surface area contributed by atoms with E-state index < -0.39 is 10.0 Å². The topological polar surface area (TPSA) is 76.7 Å². The zero-order valence-corrected chi connectivity index (χ0v) is 12.1. The van der Waals surface area contributed by atoms with E-state index in [2.05, 4.69) is 10.0 Å². The van der Waals surface area contributed by atoms with Gasteiger partial charge in [-0.3, -0.25) is 0 Å². The van der Waals surface area contributed by atoms with Gasteiger partial charge in [-0.1, -0.05) is 0 Å². The van der Waals surface area contributed by atoms with Crippen molar-refractivity contribution >= 4 is 10.0 Å². The van der Waals surface area contributed by atoms with Gasteiger partial charge in [0.05, 0.1) is 31.7 Å². The lowest BCUT2D eigenvalue weighted by Crippen LogP contribution is -2.40. The van der Waals surface area contributed by atoms with Crippen LogP contribution in [-0.4, -0.2) is 59.2 Å². The van der Waals surface area contributed by atoms with Gasteiger partial charge in [0.2, 0.25) is 10.0 Å². The summed E-state index contributed by atoms with van der Waals surface area (Å²) in [5.41, 5.74) is 0. The first kappa shape index (κ1) is 15.2. The molecule has 2 fully saturated rings. The standard InChI is InChI=1S/C12H24N2O4S/c15-19(16,8-2-1-5-13-11-3-4-11)14-9-12-10-17-6-7-18-12/h11-14H,1-10H2. The third-order valence-corrected chi connectivity index (χ3v) is 4.70. The van der Waals surface area contributed by atoms with Crippen LogP contribution in [0.3, 0.4) is 0 Å². The molecule has 1 atom stereocenters. The SMILES string of the molecule is O=S(=O)(CCCCNC1CC1)NCC1COCCO1. The first-order valence-electron chi connectivity index (χ1n) is 7.06. The van der Waals surface area contributed by atoms with Crippen LogP contribution in [0, 0.1) is 0 Å². The monoisotopic (exact) mass is 292 g/mol. The summed E-state index contributed by atoms with van der Waals surface area (Å²) in [6.45, 7) is 2.83. The van der Waals surface area contributed by atoms with E-state index in [1.807, 2.05) is 0 Å². The molecule has 0 spiro atoms. The van der Waals surface area contributed by atoms with Crippen molar-refractivity contribution in [2.24, 2.45) is 0 Å². The van der Waals surface area contributed by atoms with E-state index >= 15 is 0 Å². The lowest BCUT2D eigenvalue weighted by Gasteiger charge is -2.23. The van der Waals surface area contributed by atoms with Crippen molar-refractivity contribution in [1.82, 2.24) is 10.0 Å². The maximum absolute atomic E-state index is 11.8. The Labute approximate surface area is 115 Å². The number of nitrogens with one attached hydrogen (secondary N) is 2. The Hall–Kier alpha value is -0.210. The van der Waals surface area contributed by atoms with Crippen LogP contribution in [0.25, 0.3) is 0 Å². The van der Waals surface area contributed by atoms with Crippen molar-refractivity contribution in [3.05, 3.63) is 0 Å². The van der Waals surface area contributed by atoms with E-state index in [1.165, 1.54) is 12.8 Å². The zero-order valence-electron chi connectivity index (χ0n) is 11.3. The van der Waals surface area contributed by atoms with Crippen molar-refractivity contribution in [2.45, 2.75) is 37.8 Å². The predicted molar refractivity (Wildman–Crippen MR) is 72.6 cm³/mol. The van der Waals surface area contributed by atoms with Gasteiger partial charge in [-0.25, -0.2) is 13.1 Å². The van der Waals surface area contributed by atoms with Crippen LogP contribution in [0.1, 0.15) is 25.7 Å². The molecule has 0 amide bonds. The van der Waals surface area contributed by atoms with Crippen LogP contribution in [0.15, 0.2) is 0 Å². The average Bonchev–Trinajstić information content (AvgIpc) is 3.21. The van der Waals surface area contributed by atoms with Gasteiger partial charge >= 0.3 is 0 Å². The summed E-state index contributed by atoms with van der Waals surface area (Å²) in [5, 5.41) is 3.37. The van der Waals surface area contributed by atoms with Crippen molar-refractivity contribution in [2.75, 3.05) is 38.7 Å². The van der Waals surface area contributed by atoms with Gasteiger partial charge in [0.15, 0.2) is 0 Å². The molecular weight excluding hydrogens is 268 g/mol. The summed E-state index contributed by atoms with van der Waals surface area (Å²) in [7, 11) is -3.18. The summed E-state index contributed by atoms with van der Waals surface area (Å²) in [6, 6.07) is 0.693. The highest BCUT2D eigenvalue weighted by molar-refractivity contribution is 7.89. The first-order valence-corrected chi connectivity index (χ1v) is 8.71. The van der Waals surface area contributed by atoms with Gasteiger partial charge in [-0.15, -0.1) is 0 Å². The molecule has 19 heavy (non-hydrogen) atoms. The van der Waals surface area contributed by atoms with Crippen molar-refractivity contribution in [3.8, 4) is 0 Å². The highest BCUT2D eigenvalue weighted by atomic mass is 32.2. The van der Waals surface area contributed by atoms with Gasteiger partial charge < -0.3 is 14.8 Å². The Bertz CT molecular complexity index is 351. The van der Waals surface area contributed by atoms with Crippen LogP contribution < -0.4 is 10.0 Å². The van der Waals surface area contributed by atoms with Crippen LogP contribution in [-0.2, 0) is 19.5 Å². The number of unbranched alkanes of at least 4 members (excludes halogenated alkanes) is 1. The quantitative estimate of drug-likeness (QED) is 0.578. The summed E-state index contributed by atoms with van der Waals surface area (Å²) in [4.78, 5) is 0. The maximum atomic E-state index is 11.8. The third kappa shape index (κ3) is 6.67. The van der Waals surface area contributed by atoms with Crippen LogP contribution in [0.2, 0.25) is 0 Å². The molecule has 2 N–H and O–H groups in total. The fraction of sp³-hybridized carbons (Fsp3) is 1.00. The number of sulfonamides is 1. The number of rotatable bonds is 9. The molecule has 1 heterocycles. The van der Waals surface area contributed by atoms with Crippen LogP contribution in [0.5, 0.6) is 0 Å². The maximum Gasteiger partial charge on any atom is 0.211 e. The molecule has 1 aliphatic heterocycles. The Morgan fingerprint density at radius 1 is 1.16 bits per heavy atom. The molecule has 1 unspecified atom stereocenters. The zero-order chi connectivity index (χ0) is 13.6. The van der Waals surface area contributed by atoms with Crippen molar-refractivity contribution in [1.29, 1.82) is 0 Å². The molecule has 0 aromatic heterocycles. The highest BCUT2D eigenvalue weighted by Crippen LogP contribution is 2.18. The molecule has 1 saturated heterocycles. The van der Waals surface area contributed by atoms with Gasteiger partial charge in [-0.05, 0) is 32.2 Å². The minimum atomic E-state index is -3.18. The molecule has 112 valence electrons. The molecule has 0 radical (unpaired) electrons. The third-order valence-electron chi connectivity index (χ3n) is 3.27. The number of ether oxygens (including phenoxy) is 2. The van der Waals surface area contributed by atoms with Gasteiger partial charge in [0.1, 0.15) is 0 Å². The largest absolute Gasteiger partial charge is 0.376 e. The second-order valence-corrected chi connectivity index (χ2v) is 7.10. The molecular formula is C12H24N2O4S. The normalized spacial score (nSPS) is 24.5.